The number of carbonyl (C=O) groups is 1. The van der Waals surface area contributed by atoms with E-state index in [1.807, 2.05) is 4.90 Å². The molecular formula is C11H19NO2. The molecule has 1 aliphatic heterocycles. The minimum absolute atomic E-state index is 0.0729. The highest BCUT2D eigenvalue weighted by molar-refractivity contribution is 5.84. The summed E-state index contributed by atoms with van der Waals surface area (Å²) in [5.41, 5.74) is 0.670. The molecule has 3 nitrogen and oxygen atoms in total. The maximum atomic E-state index is 11.9. The van der Waals surface area contributed by atoms with Gasteiger partial charge in [0.25, 0.3) is 5.91 Å². The van der Waals surface area contributed by atoms with E-state index in [2.05, 4.69) is 13.0 Å². The zero-order chi connectivity index (χ0) is 10.8. The van der Waals surface area contributed by atoms with Gasteiger partial charge in [0.2, 0.25) is 0 Å². The van der Waals surface area contributed by atoms with Gasteiger partial charge in [-0.1, -0.05) is 11.6 Å². The Morgan fingerprint density at radius 1 is 1.57 bits per heavy atom. The van der Waals surface area contributed by atoms with Crippen LogP contribution >= 0.6 is 0 Å². The molecular weight excluding hydrogens is 178 g/mol. The van der Waals surface area contributed by atoms with Crippen molar-refractivity contribution in [2.24, 2.45) is 0 Å². The lowest BCUT2D eigenvalue weighted by Crippen LogP contribution is -2.47. The summed E-state index contributed by atoms with van der Waals surface area (Å²) in [4.78, 5) is 13.8. The van der Waals surface area contributed by atoms with Gasteiger partial charge in [0.1, 0.15) is 5.60 Å². The van der Waals surface area contributed by atoms with Gasteiger partial charge in [-0.25, -0.2) is 0 Å². The van der Waals surface area contributed by atoms with Crippen LogP contribution in [0.4, 0.5) is 0 Å². The zero-order valence-electron chi connectivity index (χ0n) is 9.46. The van der Waals surface area contributed by atoms with Crippen molar-refractivity contribution >= 4 is 5.91 Å². The quantitative estimate of drug-likeness (QED) is 0.629. The van der Waals surface area contributed by atoms with Crippen molar-refractivity contribution in [3.8, 4) is 0 Å². The van der Waals surface area contributed by atoms with Crippen molar-refractivity contribution in [3.63, 3.8) is 0 Å². The summed E-state index contributed by atoms with van der Waals surface area (Å²) < 4.78 is 5.17. The Kier molecular flexibility index (Phi) is 3.32. The number of rotatable bonds is 2. The molecule has 0 saturated carbocycles. The number of amides is 1. The monoisotopic (exact) mass is 197 g/mol. The molecule has 0 spiro atoms. The van der Waals surface area contributed by atoms with Crippen LogP contribution < -0.4 is 0 Å². The Morgan fingerprint density at radius 2 is 2.21 bits per heavy atom. The van der Waals surface area contributed by atoms with Crippen LogP contribution in [0.5, 0.6) is 0 Å². The van der Waals surface area contributed by atoms with Crippen molar-refractivity contribution in [3.05, 3.63) is 11.6 Å². The number of hydrogen-bond donors (Lipinski definition) is 0. The van der Waals surface area contributed by atoms with E-state index in [-0.39, 0.29) is 5.91 Å². The van der Waals surface area contributed by atoms with E-state index < -0.39 is 5.60 Å². The number of carbonyl (C=O) groups excluding carboxylic acids is 1. The second-order valence-corrected chi connectivity index (χ2v) is 4.27. The highest BCUT2D eigenvalue weighted by atomic mass is 16.5. The summed E-state index contributed by atoms with van der Waals surface area (Å²) in [5, 5.41) is 0. The van der Waals surface area contributed by atoms with Crippen LogP contribution in [0.1, 0.15) is 27.2 Å². The van der Waals surface area contributed by atoms with E-state index in [0.717, 1.165) is 19.5 Å². The van der Waals surface area contributed by atoms with Crippen LogP contribution in [0.25, 0.3) is 0 Å². The van der Waals surface area contributed by atoms with Gasteiger partial charge in [0, 0.05) is 20.2 Å². The lowest BCUT2D eigenvalue weighted by Gasteiger charge is -2.32. The molecule has 0 saturated heterocycles. The summed E-state index contributed by atoms with van der Waals surface area (Å²) in [6.45, 7) is 7.25. The van der Waals surface area contributed by atoms with E-state index in [1.54, 1.807) is 21.0 Å². The highest BCUT2D eigenvalue weighted by Crippen LogP contribution is 2.16. The molecule has 1 amide bonds. The Bertz CT molecular complexity index is 256. The topological polar surface area (TPSA) is 29.5 Å². The van der Waals surface area contributed by atoms with Gasteiger partial charge >= 0.3 is 0 Å². The molecule has 0 radical (unpaired) electrons. The van der Waals surface area contributed by atoms with Gasteiger partial charge in [-0.3, -0.25) is 4.79 Å². The molecule has 3 heteroatoms. The smallest absolute Gasteiger partial charge is 0.254 e. The molecule has 1 rings (SSSR count). The molecule has 0 aromatic carbocycles. The molecule has 1 heterocycles. The largest absolute Gasteiger partial charge is 0.369 e. The fourth-order valence-electron chi connectivity index (χ4n) is 1.42. The predicted octanol–water partition coefficient (Wildman–Crippen LogP) is 1.59. The molecule has 0 bridgehead atoms. The summed E-state index contributed by atoms with van der Waals surface area (Å²) in [7, 11) is 1.57. The molecule has 0 aliphatic carbocycles. The fourth-order valence-corrected chi connectivity index (χ4v) is 1.42. The van der Waals surface area contributed by atoms with Crippen LogP contribution in [0.2, 0.25) is 0 Å². The van der Waals surface area contributed by atoms with Crippen LogP contribution in [-0.2, 0) is 9.53 Å². The van der Waals surface area contributed by atoms with Gasteiger partial charge in [-0.2, -0.15) is 0 Å². The molecule has 0 aromatic rings. The van der Waals surface area contributed by atoms with Crippen molar-refractivity contribution in [2.45, 2.75) is 32.8 Å². The van der Waals surface area contributed by atoms with Crippen molar-refractivity contribution in [1.82, 2.24) is 4.90 Å². The lowest BCUT2D eigenvalue weighted by molar-refractivity contribution is -0.150. The first kappa shape index (κ1) is 11.2. The van der Waals surface area contributed by atoms with Crippen molar-refractivity contribution in [2.75, 3.05) is 20.2 Å². The molecule has 0 aromatic heterocycles. The standard InChI is InChI=1S/C11H19NO2/c1-9-5-7-12(8-6-9)10(13)11(2,3)14-4/h5H,6-8H2,1-4H3. The van der Waals surface area contributed by atoms with Crippen LogP contribution in [0, 0.1) is 0 Å². The average molecular weight is 197 g/mol. The Hall–Kier alpha value is -0.830. The summed E-state index contributed by atoms with van der Waals surface area (Å²) in [6.07, 6.45) is 3.08. The van der Waals surface area contributed by atoms with Gasteiger partial charge < -0.3 is 9.64 Å². The highest BCUT2D eigenvalue weighted by Gasteiger charge is 2.31. The summed E-state index contributed by atoms with van der Waals surface area (Å²) in [5.74, 6) is 0.0729. The Balaban J connectivity index is 2.63. The molecule has 1 aliphatic rings. The van der Waals surface area contributed by atoms with Gasteiger partial charge in [-0.15, -0.1) is 0 Å². The van der Waals surface area contributed by atoms with Gasteiger partial charge in [0.05, 0.1) is 0 Å². The molecule has 0 unspecified atom stereocenters. The fraction of sp³-hybridized carbons (Fsp3) is 0.727. The number of hydrogen-bond acceptors (Lipinski definition) is 2. The first-order valence-corrected chi connectivity index (χ1v) is 4.97. The average Bonchev–Trinajstić information content (AvgIpc) is 2.18. The van der Waals surface area contributed by atoms with E-state index in [9.17, 15) is 4.79 Å². The zero-order valence-corrected chi connectivity index (χ0v) is 9.46. The van der Waals surface area contributed by atoms with Crippen LogP contribution in [-0.4, -0.2) is 36.6 Å². The first-order valence-electron chi connectivity index (χ1n) is 4.97. The molecule has 80 valence electrons. The third-order valence-corrected chi connectivity index (χ3v) is 2.75. The first-order chi connectivity index (χ1) is 6.47. The normalized spacial score (nSPS) is 18.0. The maximum Gasteiger partial charge on any atom is 0.254 e. The summed E-state index contributed by atoms with van der Waals surface area (Å²) in [6, 6.07) is 0. The SMILES string of the molecule is COC(C)(C)C(=O)N1CC=C(C)CC1. The number of methoxy groups -OCH3 is 1. The van der Waals surface area contributed by atoms with Crippen molar-refractivity contribution < 1.29 is 9.53 Å². The van der Waals surface area contributed by atoms with E-state index in [4.69, 9.17) is 4.74 Å². The minimum Gasteiger partial charge on any atom is -0.369 e. The minimum atomic E-state index is -0.695. The predicted molar refractivity (Wildman–Crippen MR) is 56.0 cm³/mol. The van der Waals surface area contributed by atoms with Crippen LogP contribution in [0.3, 0.4) is 0 Å². The van der Waals surface area contributed by atoms with E-state index in [1.165, 1.54) is 5.57 Å². The summed E-state index contributed by atoms with van der Waals surface area (Å²) >= 11 is 0. The molecule has 0 N–H and O–H groups in total. The van der Waals surface area contributed by atoms with Gasteiger partial charge in [-0.05, 0) is 27.2 Å². The third-order valence-electron chi connectivity index (χ3n) is 2.75. The van der Waals surface area contributed by atoms with Gasteiger partial charge in [0.15, 0.2) is 0 Å². The second-order valence-electron chi connectivity index (χ2n) is 4.27. The molecule has 0 fully saturated rings. The number of nitrogens with zero attached hydrogens (tertiary/aromatic N) is 1. The van der Waals surface area contributed by atoms with E-state index in [0.29, 0.717) is 0 Å². The Morgan fingerprint density at radius 3 is 2.64 bits per heavy atom. The lowest BCUT2D eigenvalue weighted by atomic mass is 10.0. The second kappa shape index (κ2) is 4.13. The number of ether oxygens (including phenoxy) is 1. The maximum absolute atomic E-state index is 11.9. The third kappa shape index (κ3) is 2.35. The Labute approximate surface area is 85.7 Å². The van der Waals surface area contributed by atoms with Crippen molar-refractivity contribution in [1.29, 1.82) is 0 Å². The molecule has 14 heavy (non-hydrogen) atoms. The van der Waals surface area contributed by atoms with Crippen LogP contribution in [0.15, 0.2) is 11.6 Å². The van der Waals surface area contributed by atoms with E-state index >= 15 is 0 Å². The molecule has 0 atom stereocenters.